The Kier molecular flexibility index (Phi) is 6.51. The molecule has 0 aliphatic carbocycles. The molecule has 0 aliphatic rings. The van der Waals surface area contributed by atoms with Gasteiger partial charge in [0.25, 0.3) is 0 Å². The molecule has 0 bridgehead atoms. The SMILES string of the molecule is COC(=O)CCc1ccc(NC(=O)NCc2cnc(Cl)cn2)cc1. The van der Waals surface area contributed by atoms with Gasteiger partial charge in [-0.05, 0) is 24.1 Å². The molecule has 2 rings (SSSR count). The van der Waals surface area contributed by atoms with Crippen molar-refractivity contribution >= 4 is 29.3 Å². The predicted molar refractivity (Wildman–Crippen MR) is 89.7 cm³/mol. The Morgan fingerprint density at radius 3 is 2.54 bits per heavy atom. The van der Waals surface area contributed by atoms with Gasteiger partial charge in [0.1, 0.15) is 5.15 Å². The number of hydrogen-bond donors (Lipinski definition) is 2. The fourth-order valence-electron chi connectivity index (χ4n) is 1.88. The standard InChI is InChI=1S/C16H17ClN4O3/c1-24-15(22)7-4-11-2-5-12(6-3-11)21-16(23)20-9-13-8-19-14(17)10-18-13/h2-3,5-6,8,10H,4,7,9H2,1H3,(H2,20,21,23). The Morgan fingerprint density at radius 1 is 1.17 bits per heavy atom. The molecule has 1 aromatic carbocycles. The van der Waals surface area contributed by atoms with Crippen LogP contribution < -0.4 is 10.6 Å². The predicted octanol–water partition coefficient (Wildman–Crippen LogP) is 2.56. The molecule has 2 N–H and O–H groups in total. The second kappa shape index (κ2) is 8.83. The largest absolute Gasteiger partial charge is 0.469 e. The van der Waals surface area contributed by atoms with Crippen molar-refractivity contribution in [3.05, 3.63) is 53.1 Å². The van der Waals surface area contributed by atoms with E-state index in [0.29, 0.717) is 29.4 Å². The number of esters is 1. The lowest BCUT2D eigenvalue weighted by Crippen LogP contribution is -2.28. The molecule has 1 aromatic heterocycles. The molecule has 0 spiro atoms. The third-order valence-electron chi connectivity index (χ3n) is 3.16. The summed E-state index contributed by atoms with van der Waals surface area (Å²) in [4.78, 5) is 30.9. The van der Waals surface area contributed by atoms with Crippen LogP contribution in [-0.2, 0) is 22.5 Å². The molecule has 0 unspecified atom stereocenters. The molecule has 2 amide bonds. The number of nitrogens with one attached hydrogen (secondary N) is 2. The van der Waals surface area contributed by atoms with Crippen molar-refractivity contribution in [2.75, 3.05) is 12.4 Å². The van der Waals surface area contributed by atoms with Crippen LogP contribution in [0.25, 0.3) is 0 Å². The van der Waals surface area contributed by atoms with Crippen molar-refractivity contribution in [2.24, 2.45) is 0 Å². The maximum Gasteiger partial charge on any atom is 0.319 e. The number of urea groups is 1. The van der Waals surface area contributed by atoms with Gasteiger partial charge in [-0.25, -0.2) is 9.78 Å². The zero-order chi connectivity index (χ0) is 17.4. The number of amides is 2. The maximum absolute atomic E-state index is 11.8. The number of aromatic nitrogens is 2. The van der Waals surface area contributed by atoms with Gasteiger partial charge in [0.2, 0.25) is 0 Å². The van der Waals surface area contributed by atoms with Gasteiger partial charge < -0.3 is 15.4 Å². The van der Waals surface area contributed by atoms with Crippen LogP contribution in [0.5, 0.6) is 0 Å². The first-order chi connectivity index (χ1) is 11.6. The van der Waals surface area contributed by atoms with Gasteiger partial charge in [0, 0.05) is 12.1 Å². The zero-order valence-corrected chi connectivity index (χ0v) is 13.8. The number of nitrogens with zero attached hydrogens (tertiary/aromatic N) is 2. The van der Waals surface area contributed by atoms with Crippen LogP contribution in [0.15, 0.2) is 36.7 Å². The van der Waals surface area contributed by atoms with Crippen molar-refractivity contribution in [3.8, 4) is 0 Å². The molecule has 126 valence electrons. The number of ether oxygens (including phenoxy) is 1. The van der Waals surface area contributed by atoms with Crippen LogP contribution in [0.1, 0.15) is 17.7 Å². The van der Waals surface area contributed by atoms with E-state index in [0.717, 1.165) is 5.56 Å². The molecule has 0 radical (unpaired) electrons. The van der Waals surface area contributed by atoms with Gasteiger partial charge in [0.05, 0.1) is 31.7 Å². The molecule has 0 saturated carbocycles. The molecule has 8 heteroatoms. The van der Waals surface area contributed by atoms with E-state index in [1.807, 2.05) is 12.1 Å². The second-order valence-electron chi connectivity index (χ2n) is 4.91. The number of carbonyl (C=O) groups excluding carboxylic acids is 2. The van der Waals surface area contributed by atoms with Crippen molar-refractivity contribution < 1.29 is 14.3 Å². The lowest BCUT2D eigenvalue weighted by Gasteiger charge is -2.08. The number of carbonyl (C=O) groups is 2. The Bertz CT molecular complexity index is 689. The van der Waals surface area contributed by atoms with Crippen LogP contribution >= 0.6 is 11.6 Å². The van der Waals surface area contributed by atoms with Gasteiger partial charge in [-0.15, -0.1) is 0 Å². The Labute approximate surface area is 144 Å². The first-order valence-corrected chi connectivity index (χ1v) is 7.61. The maximum atomic E-state index is 11.8. The minimum atomic E-state index is -0.353. The normalized spacial score (nSPS) is 10.1. The second-order valence-corrected chi connectivity index (χ2v) is 5.30. The third kappa shape index (κ3) is 5.85. The highest BCUT2D eigenvalue weighted by Crippen LogP contribution is 2.11. The number of methoxy groups -OCH3 is 1. The highest BCUT2D eigenvalue weighted by Gasteiger charge is 2.04. The van der Waals surface area contributed by atoms with Crippen LogP contribution in [0.3, 0.4) is 0 Å². The summed E-state index contributed by atoms with van der Waals surface area (Å²) in [6.45, 7) is 0.243. The molecule has 0 fully saturated rings. The number of aryl methyl sites for hydroxylation is 1. The number of hydrogen-bond acceptors (Lipinski definition) is 5. The van der Waals surface area contributed by atoms with Crippen LogP contribution in [0, 0.1) is 0 Å². The average molecular weight is 349 g/mol. The van der Waals surface area contributed by atoms with Gasteiger partial charge in [-0.2, -0.15) is 0 Å². The molecule has 7 nitrogen and oxygen atoms in total. The number of halogens is 1. The van der Waals surface area contributed by atoms with E-state index in [4.69, 9.17) is 11.6 Å². The first-order valence-electron chi connectivity index (χ1n) is 7.24. The lowest BCUT2D eigenvalue weighted by atomic mass is 10.1. The highest BCUT2D eigenvalue weighted by atomic mass is 35.5. The van der Waals surface area contributed by atoms with Gasteiger partial charge in [0.15, 0.2) is 0 Å². The Hall–Kier alpha value is -2.67. The molecule has 1 heterocycles. The van der Waals surface area contributed by atoms with Crippen LogP contribution in [-0.4, -0.2) is 29.1 Å². The molecule has 2 aromatic rings. The summed E-state index contributed by atoms with van der Waals surface area (Å²) < 4.78 is 4.60. The highest BCUT2D eigenvalue weighted by molar-refractivity contribution is 6.29. The average Bonchev–Trinajstić information content (AvgIpc) is 2.60. The zero-order valence-electron chi connectivity index (χ0n) is 13.1. The topological polar surface area (TPSA) is 93.2 Å². The summed E-state index contributed by atoms with van der Waals surface area (Å²) in [6, 6.07) is 6.89. The molecule has 0 atom stereocenters. The van der Waals surface area contributed by atoms with E-state index in [1.54, 1.807) is 12.1 Å². The van der Waals surface area contributed by atoms with Crippen LogP contribution in [0.2, 0.25) is 5.15 Å². The van der Waals surface area contributed by atoms with E-state index in [1.165, 1.54) is 19.5 Å². The molecular formula is C16H17ClN4O3. The minimum absolute atomic E-state index is 0.243. The number of anilines is 1. The summed E-state index contributed by atoms with van der Waals surface area (Å²) in [5.74, 6) is -0.248. The Balaban J connectivity index is 1.79. The van der Waals surface area contributed by atoms with Crippen LogP contribution in [0.4, 0.5) is 10.5 Å². The molecule has 24 heavy (non-hydrogen) atoms. The van der Waals surface area contributed by atoms with Crippen molar-refractivity contribution in [1.29, 1.82) is 0 Å². The summed E-state index contributed by atoms with van der Waals surface area (Å²) in [7, 11) is 1.36. The molecule has 0 saturated heterocycles. The lowest BCUT2D eigenvalue weighted by molar-refractivity contribution is -0.140. The fraction of sp³-hybridized carbons (Fsp3) is 0.250. The third-order valence-corrected chi connectivity index (χ3v) is 3.36. The van der Waals surface area contributed by atoms with Crippen molar-refractivity contribution in [3.63, 3.8) is 0 Å². The van der Waals surface area contributed by atoms with Gasteiger partial charge in [-0.3, -0.25) is 9.78 Å². The fourth-order valence-corrected chi connectivity index (χ4v) is 1.98. The summed E-state index contributed by atoms with van der Waals surface area (Å²) in [5, 5.41) is 5.68. The van der Waals surface area contributed by atoms with E-state index in [2.05, 4.69) is 25.3 Å². The minimum Gasteiger partial charge on any atom is -0.469 e. The molecule has 0 aliphatic heterocycles. The smallest absolute Gasteiger partial charge is 0.319 e. The van der Waals surface area contributed by atoms with E-state index >= 15 is 0 Å². The summed E-state index contributed by atoms with van der Waals surface area (Å²) in [5.41, 5.74) is 2.24. The summed E-state index contributed by atoms with van der Waals surface area (Å²) >= 11 is 5.64. The number of benzene rings is 1. The monoisotopic (exact) mass is 348 g/mol. The van der Waals surface area contributed by atoms with Crippen molar-refractivity contribution in [1.82, 2.24) is 15.3 Å². The number of rotatable bonds is 6. The van der Waals surface area contributed by atoms with Gasteiger partial charge >= 0.3 is 12.0 Å². The summed E-state index contributed by atoms with van der Waals surface area (Å²) in [6.07, 6.45) is 3.84. The van der Waals surface area contributed by atoms with E-state index in [-0.39, 0.29) is 18.5 Å². The van der Waals surface area contributed by atoms with E-state index < -0.39 is 0 Å². The van der Waals surface area contributed by atoms with Gasteiger partial charge in [-0.1, -0.05) is 23.7 Å². The Morgan fingerprint density at radius 2 is 1.92 bits per heavy atom. The van der Waals surface area contributed by atoms with E-state index in [9.17, 15) is 9.59 Å². The molecular weight excluding hydrogens is 332 g/mol. The first kappa shape index (κ1) is 17.7. The quantitative estimate of drug-likeness (QED) is 0.782. The van der Waals surface area contributed by atoms with Crippen molar-refractivity contribution in [2.45, 2.75) is 19.4 Å².